The molecule has 1 saturated heterocycles. The molecule has 3 heterocycles. The molecule has 0 aliphatic carbocycles. The van der Waals surface area contributed by atoms with Crippen LogP contribution in [-0.2, 0) is 31.0 Å². The van der Waals surface area contributed by atoms with Crippen molar-refractivity contribution in [3.8, 4) is 0 Å². The zero-order valence-electron chi connectivity index (χ0n) is 28.2. The number of carbonyl (C=O) groups is 4. The minimum atomic E-state index is -1.25. The molecular weight excluding hydrogens is 667 g/mol. The van der Waals surface area contributed by atoms with Crippen molar-refractivity contribution in [2.24, 2.45) is 5.73 Å². The van der Waals surface area contributed by atoms with Crippen molar-refractivity contribution in [2.75, 3.05) is 18.1 Å². The second-order valence-corrected chi connectivity index (χ2v) is 14.8. The van der Waals surface area contributed by atoms with E-state index in [1.165, 1.54) is 74.4 Å². The molecule has 3 atom stereocenters. The average Bonchev–Trinajstić information content (AvgIpc) is 3.54. The van der Waals surface area contributed by atoms with Crippen LogP contribution in [0.25, 0.3) is 0 Å². The molecular formula is C35H49N5O7S2. The summed E-state index contributed by atoms with van der Waals surface area (Å²) < 4.78 is 5.32. The van der Waals surface area contributed by atoms with Gasteiger partial charge < -0.3 is 25.7 Å². The van der Waals surface area contributed by atoms with Gasteiger partial charge >= 0.3 is 11.9 Å². The number of hydrogen-bond donors (Lipinski definition) is 4. The van der Waals surface area contributed by atoms with Gasteiger partial charge in [0.15, 0.2) is 0 Å². The van der Waals surface area contributed by atoms with Gasteiger partial charge in [0.25, 0.3) is 11.1 Å². The SMILES string of the molecule is CCCCCCCCCCCCCCC(CN)(C(=O)NC1C(=O)N2C(C(=O)O)=C(CSc3nnc(CC(=O)O)o3)CS[C@@H]12)c1ccccc1. The zero-order valence-corrected chi connectivity index (χ0v) is 29.9. The van der Waals surface area contributed by atoms with Crippen LogP contribution >= 0.6 is 23.5 Å². The molecule has 268 valence electrons. The number of β-lactam (4-membered cyclic amide) rings is 1. The van der Waals surface area contributed by atoms with Gasteiger partial charge in [0.2, 0.25) is 11.8 Å². The summed E-state index contributed by atoms with van der Waals surface area (Å²) in [6.07, 6.45) is 14.6. The van der Waals surface area contributed by atoms with E-state index in [1.807, 2.05) is 30.3 Å². The van der Waals surface area contributed by atoms with E-state index >= 15 is 0 Å². The Morgan fingerprint density at radius 3 is 2.22 bits per heavy atom. The van der Waals surface area contributed by atoms with Crippen LogP contribution < -0.4 is 11.1 Å². The van der Waals surface area contributed by atoms with Gasteiger partial charge in [-0.3, -0.25) is 19.3 Å². The highest BCUT2D eigenvalue weighted by Crippen LogP contribution is 2.42. The zero-order chi connectivity index (χ0) is 35.2. The molecule has 2 unspecified atom stereocenters. The van der Waals surface area contributed by atoms with Crippen molar-refractivity contribution in [3.05, 3.63) is 53.1 Å². The second kappa shape index (κ2) is 19.1. The summed E-state index contributed by atoms with van der Waals surface area (Å²) in [6, 6.07) is 8.58. The molecule has 12 nitrogen and oxygen atoms in total. The smallest absolute Gasteiger partial charge is 0.352 e. The molecule has 1 aromatic carbocycles. The van der Waals surface area contributed by atoms with Crippen LogP contribution in [0.5, 0.6) is 0 Å². The summed E-state index contributed by atoms with van der Waals surface area (Å²) in [7, 11) is 0. The first kappa shape index (κ1) is 38.4. The van der Waals surface area contributed by atoms with Crippen LogP contribution in [0.15, 0.2) is 51.2 Å². The number of nitrogens with one attached hydrogen (secondary N) is 1. The number of aliphatic carboxylic acids is 2. The summed E-state index contributed by atoms with van der Waals surface area (Å²) in [5, 5.41) is 29.0. The minimum Gasteiger partial charge on any atom is -0.481 e. The Hall–Kier alpha value is -3.36. The van der Waals surface area contributed by atoms with E-state index in [4.69, 9.17) is 15.3 Å². The first-order chi connectivity index (χ1) is 23.7. The van der Waals surface area contributed by atoms with Crippen LogP contribution in [0.2, 0.25) is 0 Å². The molecule has 2 amide bonds. The molecule has 0 spiro atoms. The number of nitrogens with zero attached hydrogens (tertiary/aromatic N) is 3. The van der Waals surface area contributed by atoms with Crippen LogP contribution in [-0.4, -0.2) is 78.5 Å². The largest absolute Gasteiger partial charge is 0.481 e. The van der Waals surface area contributed by atoms with Crippen molar-refractivity contribution >= 4 is 47.3 Å². The van der Waals surface area contributed by atoms with E-state index in [-0.39, 0.29) is 35.0 Å². The van der Waals surface area contributed by atoms with Gasteiger partial charge in [0, 0.05) is 18.1 Å². The lowest BCUT2D eigenvalue weighted by Gasteiger charge is -2.50. The lowest BCUT2D eigenvalue weighted by Crippen LogP contribution is -2.72. The lowest BCUT2D eigenvalue weighted by molar-refractivity contribution is -0.151. The number of benzene rings is 1. The van der Waals surface area contributed by atoms with Crippen LogP contribution in [0, 0.1) is 0 Å². The van der Waals surface area contributed by atoms with Crippen molar-refractivity contribution in [3.63, 3.8) is 0 Å². The van der Waals surface area contributed by atoms with Gasteiger partial charge in [-0.1, -0.05) is 126 Å². The Morgan fingerprint density at radius 1 is 1.00 bits per heavy atom. The fourth-order valence-corrected chi connectivity index (χ4v) is 8.71. The molecule has 2 aliphatic rings. The Morgan fingerprint density at radius 2 is 1.63 bits per heavy atom. The van der Waals surface area contributed by atoms with Gasteiger partial charge in [0.05, 0.1) is 5.41 Å². The van der Waals surface area contributed by atoms with Gasteiger partial charge in [-0.25, -0.2) is 4.79 Å². The van der Waals surface area contributed by atoms with Crippen molar-refractivity contribution in [1.29, 1.82) is 0 Å². The fourth-order valence-electron chi connectivity index (χ4n) is 6.45. The first-order valence-electron chi connectivity index (χ1n) is 17.3. The number of carbonyl (C=O) groups excluding carboxylic acids is 2. The molecule has 49 heavy (non-hydrogen) atoms. The maximum absolute atomic E-state index is 14.1. The second-order valence-electron chi connectivity index (χ2n) is 12.7. The normalized spacial score (nSPS) is 18.5. The van der Waals surface area contributed by atoms with Crippen LogP contribution in [0.1, 0.15) is 102 Å². The van der Waals surface area contributed by atoms with Gasteiger partial charge in [-0.05, 0) is 17.6 Å². The van der Waals surface area contributed by atoms with Crippen molar-refractivity contribution < 1.29 is 33.8 Å². The number of carboxylic acid groups (broad SMARTS) is 2. The lowest BCUT2D eigenvalue weighted by atomic mass is 9.75. The quantitative estimate of drug-likeness (QED) is 0.0642. The highest BCUT2D eigenvalue weighted by Gasteiger charge is 2.55. The Bertz CT molecular complexity index is 1450. The molecule has 14 heteroatoms. The number of amides is 2. The molecule has 1 fully saturated rings. The number of fused-ring (bicyclic) bond motifs is 1. The van der Waals surface area contributed by atoms with Gasteiger partial charge in [0.1, 0.15) is 23.5 Å². The Labute approximate surface area is 296 Å². The predicted molar refractivity (Wildman–Crippen MR) is 189 cm³/mol. The molecule has 2 aliphatic heterocycles. The highest BCUT2D eigenvalue weighted by molar-refractivity contribution is 8.01. The maximum atomic E-state index is 14.1. The van der Waals surface area contributed by atoms with Gasteiger partial charge in [-0.15, -0.1) is 22.0 Å². The first-order valence-corrected chi connectivity index (χ1v) is 19.4. The molecule has 1 aromatic heterocycles. The van der Waals surface area contributed by atoms with E-state index in [2.05, 4.69) is 22.4 Å². The number of aromatic nitrogens is 2. The summed E-state index contributed by atoms with van der Waals surface area (Å²) in [5.74, 6) is -2.76. The van der Waals surface area contributed by atoms with Gasteiger partial charge in [-0.2, -0.15) is 0 Å². The van der Waals surface area contributed by atoms with Crippen molar-refractivity contribution in [2.45, 2.75) is 119 Å². The summed E-state index contributed by atoms with van der Waals surface area (Å²) in [5.41, 5.74) is 6.52. The van der Waals surface area contributed by atoms with E-state index in [1.54, 1.807) is 0 Å². The monoisotopic (exact) mass is 715 g/mol. The topological polar surface area (TPSA) is 189 Å². The molecule has 2 aromatic rings. The minimum absolute atomic E-state index is 0.0557. The van der Waals surface area contributed by atoms with E-state index < -0.39 is 41.1 Å². The standard InChI is InChI=1S/C35H49N5O7S2/c1-2-3-4-5-6-7-8-9-10-11-12-16-19-35(23-36,25-17-14-13-15-18-25)33(46)37-28-30(43)40-29(32(44)45)24(21-48-31(28)40)22-49-34-39-38-26(47-34)20-27(41)42/h13-15,17-18,28,31H,2-12,16,19-23,36H2,1H3,(H,37,46)(H,41,42)(H,44,45)/t28?,31-,35?/m0/s1. The van der Waals surface area contributed by atoms with Crippen LogP contribution in [0.3, 0.4) is 0 Å². The molecule has 5 N–H and O–H groups in total. The third-order valence-corrected chi connectivity index (χ3v) is 11.5. The molecule has 0 bridgehead atoms. The summed E-state index contributed by atoms with van der Waals surface area (Å²) in [6.45, 7) is 2.32. The number of rotatable bonds is 23. The number of unbranched alkanes of at least 4 members (excludes halogenated alkanes) is 11. The third kappa shape index (κ3) is 10.1. The van der Waals surface area contributed by atoms with E-state index in [0.717, 1.165) is 36.6 Å². The van der Waals surface area contributed by atoms with E-state index in [9.17, 15) is 24.3 Å². The summed E-state index contributed by atoms with van der Waals surface area (Å²) >= 11 is 2.45. The van der Waals surface area contributed by atoms with Crippen molar-refractivity contribution in [1.82, 2.24) is 20.4 Å². The number of thioether (sulfide) groups is 2. The van der Waals surface area contributed by atoms with E-state index in [0.29, 0.717) is 17.7 Å². The molecule has 0 radical (unpaired) electrons. The Balaban J connectivity index is 1.34. The average molecular weight is 716 g/mol. The molecule has 4 rings (SSSR count). The third-order valence-electron chi connectivity index (χ3n) is 9.22. The van der Waals surface area contributed by atoms with Crippen LogP contribution in [0.4, 0.5) is 0 Å². The maximum Gasteiger partial charge on any atom is 0.352 e. The fraction of sp³-hybridized carbons (Fsp3) is 0.600. The number of carboxylic acids is 2. The summed E-state index contributed by atoms with van der Waals surface area (Å²) in [4.78, 5) is 52.1. The highest BCUT2D eigenvalue weighted by atomic mass is 32.2. The number of nitrogens with two attached hydrogens (primary N) is 1. The number of hydrogen-bond acceptors (Lipinski definition) is 10. The molecule has 0 saturated carbocycles. The predicted octanol–water partition coefficient (Wildman–Crippen LogP) is 5.52. The Kier molecular flexibility index (Phi) is 15.0.